The monoisotopic (exact) mass is 297 g/mol. The van der Waals surface area contributed by atoms with Crippen LogP contribution >= 0.6 is 11.6 Å². The fourth-order valence-corrected chi connectivity index (χ4v) is 2.27. The number of nitrogens with two attached hydrogens (primary N) is 1. The highest BCUT2D eigenvalue weighted by molar-refractivity contribution is 7.90. The Balaban J connectivity index is 2.34. The van der Waals surface area contributed by atoms with E-state index in [1.807, 2.05) is 0 Å². The van der Waals surface area contributed by atoms with E-state index in [0.717, 1.165) is 6.26 Å². The van der Waals surface area contributed by atoms with Gasteiger partial charge in [0, 0.05) is 23.2 Å². The molecule has 2 rings (SSSR count). The third-order valence-electron chi connectivity index (χ3n) is 2.41. The SMILES string of the molecule is CS(=O)(=O)c1cc(Nc2ccc(Cl)cc2N)ccn1. The van der Waals surface area contributed by atoms with E-state index in [-0.39, 0.29) is 5.03 Å². The van der Waals surface area contributed by atoms with Gasteiger partial charge in [0.15, 0.2) is 14.9 Å². The number of nitrogen functional groups attached to an aromatic ring is 1. The summed E-state index contributed by atoms with van der Waals surface area (Å²) >= 11 is 5.81. The highest BCUT2D eigenvalue weighted by Gasteiger charge is 2.09. The zero-order chi connectivity index (χ0) is 14.0. The summed E-state index contributed by atoms with van der Waals surface area (Å²) < 4.78 is 22.8. The lowest BCUT2D eigenvalue weighted by molar-refractivity contribution is 0.598. The van der Waals surface area contributed by atoms with Crippen molar-refractivity contribution in [2.45, 2.75) is 5.03 Å². The van der Waals surface area contributed by atoms with Crippen LogP contribution in [0, 0.1) is 0 Å². The number of pyridine rings is 1. The standard InChI is InChI=1S/C12H12ClN3O2S/c1-19(17,18)12-7-9(4-5-15-12)16-11-3-2-8(13)6-10(11)14/h2-7H,14H2,1H3,(H,15,16). The number of rotatable bonds is 3. The number of anilines is 3. The van der Waals surface area contributed by atoms with E-state index in [9.17, 15) is 8.42 Å². The van der Waals surface area contributed by atoms with Crippen LogP contribution in [0.25, 0.3) is 0 Å². The van der Waals surface area contributed by atoms with Crippen LogP contribution in [0.15, 0.2) is 41.6 Å². The van der Waals surface area contributed by atoms with E-state index in [0.29, 0.717) is 22.1 Å². The first-order valence-electron chi connectivity index (χ1n) is 5.34. The molecule has 19 heavy (non-hydrogen) atoms. The van der Waals surface area contributed by atoms with E-state index in [1.54, 1.807) is 24.3 Å². The van der Waals surface area contributed by atoms with Gasteiger partial charge in [0.25, 0.3) is 0 Å². The minimum absolute atomic E-state index is 0.00466. The summed E-state index contributed by atoms with van der Waals surface area (Å²) in [6.07, 6.45) is 2.53. The van der Waals surface area contributed by atoms with Crippen LogP contribution in [0.4, 0.5) is 17.1 Å². The maximum Gasteiger partial charge on any atom is 0.192 e. The summed E-state index contributed by atoms with van der Waals surface area (Å²) in [6.45, 7) is 0. The minimum Gasteiger partial charge on any atom is -0.397 e. The van der Waals surface area contributed by atoms with Gasteiger partial charge in [-0.05, 0) is 30.3 Å². The molecule has 2 aromatic rings. The van der Waals surface area contributed by atoms with E-state index in [4.69, 9.17) is 17.3 Å². The molecule has 0 atom stereocenters. The zero-order valence-corrected chi connectivity index (χ0v) is 11.7. The molecule has 0 spiro atoms. The fourth-order valence-electron chi connectivity index (χ4n) is 1.49. The second-order valence-corrected chi connectivity index (χ2v) is 6.41. The average molecular weight is 298 g/mol. The van der Waals surface area contributed by atoms with Crippen LogP contribution in [0.3, 0.4) is 0 Å². The molecule has 0 saturated heterocycles. The van der Waals surface area contributed by atoms with Gasteiger partial charge in [0.1, 0.15) is 0 Å². The highest BCUT2D eigenvalue weighted by atomic mass is 35.5. The van der Waals surface area contributed by atoms with Crippen LogP contribution in [0.5, 0.6) is 0 Å². The van der Waals surface area contributed by atoms with Crippen LogP contribution in [0.1, 0.15) is 0 Å². The van der Waals surface area contributed by atoms with Crippen molar-refractivity contribution < 1.29 is 8.42 Å². The molecule has 0 fully saturated rings. The second kappa shape index (κ2) is 5.07. The molecular formula is C12H12ClN3O2S. The molecule has 1 aromatic carbocycles. The number of benzene rings is 1. The smallest absolute Gasteiger partial charge is 0.192 e. The quantitative estimate of drug-likeness (QED) is 0.850. The molecule has 7 heteroatoms. The Morgan fingerprint density at radius 1 is 1.26 bits per heavy atom. The molecule has 100 valence electrons. The van der Waals surface area contributed by atoms with Crippen LogP contribution in [-0.2, 0) is 9.84 Å². The van der Waals surface area contributed by atoms with Gasteiger partial charge in [0.05, 0.1) is 11.4 Å². The molecule has 3 N–H and O–H groups in total. The first-order chi connectivity index (χ1) is 8.86. The van der Waals surface area contributed by atoms with Gasteiger partial charge in [-0.1, -0.05) is 11.6 Å². The first-order valence-corrected chi connectivity index (χ1v) is 7.61. The van der Waals surface area contributed by atoms with Crippen molar-refractivity contribution in [3.63, 3.8) is 0 Å². The second-order valence-electron chi connectivity index (χ2n) is 4.01. The Morgan fingerprint density at radius 3 is 2.63 bits per heavy atom. The van der Waals surface area contributed by atoms with Crippen molar-refractivity contribution in [3.8, 4) is 0 Å². The summed E-state index contributed by atoms with van der Waals surface area (Å²) in [7, 11) is -3.34. The van der Waals surface area contributed by atoms with Crippen molar-refractivity contribution >= 4 is 38.5 Å². The van der Waals surface area contributed by atoms with Crippen molar-refractivity contribution in [2.75, 3.05) is 17.3 Å². The molecule has 0 bridgehead atoms. The fraction of sp³-hybridized carbons (Fsp3) is 0.0833. The van der Waals surface area contributed by atoms with Crippen molar-refractivity contribution in [1.29, 1.82) is 0 Å². The largest absolute Gasteiger partial charge is 0.397 e. The normalized spacial score (nSPS) is 11.3. The predicted octanol–water partition coefficient (Wildman–Crippen LogP) is 2.46. The van der Waals surface area contributed by atoms with Gasteiger partial charge < -0.3 is 11.1 Å². The Kier molecular flexibility index (Phi) is 3.64. The number of hydrogen-bond acceptors (Lipinski definition) is 5. The number of nitrogens with zero attached hydrogens (tertiary/aromatic N) is 1. The van der Waals surface area contributed by atoms with E-state index in [1.165, 1.54) is 12.3 Å². The lowest BCUT2D eigenvalue weighted by atomic mass is 10.2. The highest BCUT2D eigenvalue weighted by Crippen LogP contribution is 2.26. The van der Waals surface area contributed by atoms with E-state index < -0.39 is 9.84 Å². The molecule has 5 nitrogen and oxygen atoms in total. The lowest BCUT2D eigenvalue weighted by Crippen LogP contribution is -2.02. The van der Waals surface area contributed by atoms with Gasteiger partial charge in [-0.15, -0.1) is 0 Å². The van der Waals surface area contributed by atoms with Crippen LogP contribution < -0.4 is 11.1 Å². The summed E-state index contributed by atoms with van der Waals surface area (Å²) in [5.74, 6) is 0. The molecule has 1 aromatic heterocycles. The molecule has 0 amide bonds. The summed E-state index contributed by atoms with van der Waals surface area (Å²) in [6, 6.07) is 8.13. The Bertz CT molecular complexity index is 717. The van der Waals surface area contributed by atoms with Gasteiger partial charge in [-0.3, -0.25) is 0 Å². The van der Waals surface area contributed by atoms with Gasteiger partial charge in [-0.25, -0.2) is 13.4 Å². The van der Waals surface area contributed by atoms with Crippen LogP contribution in [0.2, 0.25) is 5.02 Å². The molecule has 0 aliphatic rings. The van der Waals surface area contributed by atoms with E-state index in [2.05, 4.69) is 10.3 Å². The van der Waals surface area contributed by atoms with Crippen LogP contribution in [-0.4, -0.2) is 19.7 Å². The van der Waals surface area contributed by atoms with Gasteiger partial charge in [0.2, 0.25) is 0 Å². The lowest BCUT2D eigenvalue weighted by Gasteiger charge is -2.10. The zero-order valence-electron chi connectivity index (χ0n) is 10.1. The number of halogens is 1. The number of aromatic nitrogens is 1. The molecule has 0 unspecified atom stereocenters. The molecule has 0 aliphatic heterocycles. The summed E-state index contributed by atoms with van der Waals surface area (Å²) in [5, 5.41) is 3.57. The van der Waals surface area contributed by atoms with Crippen molar-refractivity contribution in [1.82, 2.24) is 4.98 Å². The number of nitrogens with one attached hydrogen (secondary N) is 1. The average Bonchev–Trinajstić information content (AvgIpc) is 2.32. The Morgan fingerprint density at radius 2 is 2.00 bits per heavy atom. The predicted molar refractivity (Wildman–Crippen MR) is 76.5 cm³/mol. The Labute approximate surface area is 116 Å². The Hall–Kier alpha value is -1.79. The van der Waals surface area contributed by atoms with Crippen molar-refractivity contribution in [3.05, 3.63) is 41.6 Å². The molecule has 0 saturated carbocycles. The minimum atomic E-state index is -3.34. The molecular weight excluding hydrogens is 286 g/mol. The van der Waals surface area contributed by atoms with Gasteiger partial charge in [-0.2, -0.15) is 0 Å². The topological polar surface area (TPSA) is 85.1 Å². The summed E-state index contributed by atoms with van der Waals surface area (Å²) in [5.41, 5.74) is 7.52. The number of hydrogen-bond donors (Lipinski definition) is 2. The summed E-state index contributed by atoms with van der Waals surface area (Å²) in [4.78, 5) is 3.81. The maximum atomic E-state index is 11.4. The number of sulfone groups is 1. The van der Waals surface area contributed by atoms with Crippen molar-refractivity contribution in [2.24, 2.45) is 0 Å². The van der Waals surface area contributed by atoms with E-state index >= 15 is 0 Å². The third kappa shape index (κ3) is 3.36. The molecule has 0 radical (unpaired) electrons. The first kappa shape index (κ1) is 13.6. The third-order valence-corrected chi connectivity index (χ3v) is 3.63. The maximum absolute atomic E-state index is 11.4. The molecule has 0 aliphatic carbocycles. The van der Waals surface area contributed by atoms with Gasteiger partial charge >= 0.3 is 0 Å². The molecule has 1 heterocycles.